The summed E-state index contributed by atoms with van der Waals surface area (Å²) in [7, 11) is -4.06. The molecule has 3 aromatic rings. The minimum Gasteiger partial charge on any atom is -0.325 e. The van der Waals surface area contributed by atoms with Crippen LogP contribution < -0.4 is 9.62 Å². The summed E-state index contributed by atoms with van der Waals surface area (Å²) in [6.07, 6.45) is 0. The third kappa shape index (κ3) is 4.83. The normalized spacial score (nSPS) is 11.2. The molecule has 3 rings (SSSR count). The second-order valence-electron chi connectivity index (χ2n) is 7.29. The van der Waals surface area contributed by atoms with Crippen molar-refractivity contribution >= 4 is 33.1 Å². The summed E-state index contributed by atoms with van der Waals surface area (Å²) < 4.78 is 28.0. The Labute approximate surface area is 181 Å². The number of carbonyl (C=O) groups is 2. The molecule has 0 atom stereocenters. The van der Waals surface area contributed by atoms with Crippen molar-refractivity contribution in [3.8, 4) is 0 Å². The van der Waals surface area contributed by atoms with E-state index in [1.807, 2.05) is 6.92 Å². The number of H-pyrrole nitrogens is 1. The molecular formula is C22H24N4O4S. The van der Waals surface area contributed by atoms with Crippen LogP contribution in [0.25, 0.3) is 0 Å². The Balaban J connectivity index is 1.92. The highest BCUT2D eigenvalue weighted by Crippen LogP contribution is 2.27. The first-order valence-electron chi connectivity index (χ1n) is 9.61. The van der Waals surface area contributed by atoms with E-state index < -0.39 is 22.5 Å². The van der Waals surface area contributed by atoms with E-state index in [4.69, 9.17) is 0 Å². The minimum absolute atomic E-state index is 0.0479. The number of anilines is 2. The average molecular weight is 441 g/mol. The number of nitrogens with one attached hydrogen (secondary N) is 2. The van der Waals surface area contributed by atoms with Crippen molar-refractivity contribution < 1.29 is 18.0 Å². The van der Waals surface area contributed by atoms with Gasteiger partial charge in [0.05, 0.1) is 17.1 Å². The van der Waals surface area contributed by atoms with Crippen molar-refractivity contribution in [1.82, 2.24) is 10.2 Å². The van der Waals surface area contributed by atoms with Crippen LogP contribution in [0, 0.1) is 20.8 Å². The lowest BCUT2D eigenvalue weighted by Crippen LogP contribution is -2.38. The van der Waals surface area contributed by atoms with Gasteiger partial charge in [0.15, 0.2) is 5.78 Å². The average Bonchev–Trinajstić information content (AvgIpc) is 3.06. The lowest BCUT2D eigenvalue weighted by Gasteiger charge is -2.24. The third-order valence-corrected chi connectivity index (χ3v) is 6.83. The zero-order chi connectivity index (χ0) is 22.8. The zero-order valence-corrected chi connectivity index (χ0v) is 18.6. The Morgan fingerprint density at radius 3 is 2.13 bits per heavy atom. The van der Waals surface area contributed by atoms with Crippen molar-refractivity contribution in [3.63, 3.8) is 0 Å². The molecule has 0 radical (unpaired) electrons. The molecular weight excluding hydrogens is 416 g/mol. The summed E-state index contributed by atoms with van der Waals surface area (Å²) in [6.45, 7) is 6.14. The van der Waals surface area contributed by atoms with E-state index in [9.17, 15) is 18.0 Å². The van der Waals surface area contributed by atoms with E-state index >= 15 is 0 Å². The van der Waals surface area contributed by atoms with Crippen LogP contribution in [0.3, 0.4) is 0 Å². The van der Waals surface area contributed by atoms with Crippen LogP contribution in [-0.2, 0) is 14.8 Å². The van der Waals surface area contributed by atoms with Gasteiger partial charge in [-0.25, -0.2) is 8.42 Å². The van der Waals surface area contributed by atoms with E-state index in [0.717, 1.165) is 9.87 Å². The van der Waals surface area contributed by atoms with Gasteiger partial charge in [0.2, 0.25) is 5.91 Å². The lowest BCUT2D eigenvalue weighted by atomic mass is 10.1. The molecule has 1 aromatic heterocycles. The number of amides is 1. The van der Waals surface area contributed by atoms with Gasteiger partial charge < -0.3 is 5.32 Å². The summed E-state index contributed by atoms with van der Waals surface area (Å²) in [5.74, 6) is -0.598. The lowest BCUT2D eigenvalue weighted by molar-refractivity contribution is -0.114. The predicted octanol–water partition coefficient (Wildman–Crippen LogP) is 3.37. The molecule has 0 aliphatic rings. The molecule has 8 nitrogen and oxygen atoms in total. The standard InChI is InChI=1S/C22H24N4O4S/c1-14-5-11-20(12-6-14)26(31(29,30)22-15(2)24-25-16(22)3)13-21(28)23-19-9-7-18(8-10-19)17(4)27/h5-12H,13H2,1-4H3,(H,23,28)(H,24,25). The van der Waals surface area contributed by atoms with Crippen molar-refractivity contribution in [1.29, 1.82) is 0 Å². The van der Waals surface area contributed by atoms with Gasteiger partial charge >= 0.3 is 0 Å². The largest absolute Gasteiger partial charge is 0.325 e. The maximum absolute atomic E-state index is 13.5. The number of aryl methyl sites for hydroxylation is 3. The maximum atomic E-state index is 13.5. The SMILES string of the molecule is CC(=O)c1ccc(NC(=O)CN(c2ccc(C)cc2)S(=O)(=O)c2c(C)n[nH]c2C)cc1. The molecule has 2 N–H and O–H groups in total. The van der Waals surface area contributed by atoms with Crippen molar-refractivity contribution in [2.24, 2.45) is 0 Å². The highest BCUT2D eigenvalue weighted by molar-refractivity contribution is 7.93. The third-order valence-electron chi connectivity index (χ3n) is 4.79. The molecule has 0 aliphatic heterocycles. The number of aromatic amines is 1. The van der Waals surface area contributed by atoms with Crippen LogP contribution in [0.4, 0.5) is 11.4 Å². The molecule has 1 amide bonds. The van der Waals surface area contributed by atoms with Gasteiger partial charge in [0.25, 0.3) is 10.0 Å². The van der Waals surface area contributed by atoms with E-state index in [1.54, 1.807) is 62.4 Å². The quantitative estimate of drug-likeness (QED) is 0.547. The molecule has 0 aliphatic carbocycles. The van der Waals surface area contributed by atoms with Crippen molar-refractivity contribution in [3.05, 3.63) is 71.0 Å². The van der Waals surface area contributed by atoms with E-state index in [1.165, 1.54) is 6.92 Å². The molecule has 9 heteroatoms. The number of benzene rings is 2. The molecule has 1 heterocycles. The van der Waals surface area contributed by atoms with E-state index in [-0.39, 0.29) is 10.7 Å². The van der Waals surface area contributed by atoms with Gasteiger partial charge in [-0.1, -0.05) is 17.7 Å². The summed E-state index contributed by atoms with van der Waals surface area (Å²) in [5.41, 5.74) is 3.05. The Morgan fingerprint density at radius 2 is 1.61 bits per heavy atom. The van der Waals surface area contributed by atoms with Crippen molar-refractivity contribution in [2.75, 3.05) is 16.2 Å². The molecule has 2 aromatic carbocycles. The molecule has 0 spiro atoms. The predicted molar refractivity (Wildman–Crippen MR) is 119 cm³/mol. The number of rotatable bonds is 7. The number of hydrogen-bond donors (Lipinski definition) is 2. The van der Waals surface area contributed by atoms with Crippen LogP contribution in [0.5, 0.6) is 0 Å². The Kier molecular flexibility index (Phi) is 6.26. The Hall–Kier alpha value is -3.46. The summed E-state index contributed by atoms with van der Waals surface area (Å²) >= 11 is 0. The molecule has 0 fully saturated rings. The van der Waals surface area contributed by atoms with Gasteiger partial charge in [-0.3, -0.25) is 19.0 Å². The number of sulfonamides is 1. The number of ketones is 1. The highest BCUT2D eigenvalue weighted by Gasteiger charge is 2.31. The molecule has 0 saturated carbocycles. The summed E-state index contributed by atoms with van der Waals surface area (Å²) in [5, 5.41) is 9.35. The minimum atomic E-state index is -4.06. The van der Waals surface area contributed by atoms with E-state index in [2.05, 4.69) is 15.5 Å². The second kappa shape index (κ2) is 8.73. The van der Waals surface area contributed by atoms with Crippen molar-refractivity contribution in [2.45, 2.75) is 32.6 Å². The molecule has 0 saturated heterocycles. The number of Topliss-reactive ketones (excluding diaryl/α,β-unsaturated/α-hetero) is 1. The Bertz CT molecular complexity index is 1190. The first-order valence-corrected chi connectivity index (χ1v) is 11.1. The fourth-order valence-corrected chi connectivity index (χ4v) is 4.93. The monoisotopic (exact) mass is 440 g/mol. The number of aromatic nitrogens is 2. The van der Waals surface area contributed by atoms with Crippen LogP contribution in [0.1, 0.15) is 34.2 Å². The summed E-state index contributed by atoms with van der Waals surface area (Å²) in [6, 6.07) is 13.3. The van der Waals surface area contributed by atoms with E-state index in [0.29, 0.717) is 28.3 Å². The first kappa shape index (κ1) is 22.2. The fraction of sp³-hybridized carbons (Fsp3) is 0.227. The highest BCUT2D eigenvalue weighted by atomic mass is 32.2. The fourth-order valence-electron chi connectivity index (χ4n) is 3.18. The van der Waals surface area contributed by atoms with Gasteiger partial charge in [-0.2, -0.15) is 5.10 Å². The number of carbonyl (C=O) groups excluding carboxylic acids is 2. The number of nitrogens with zero attached hydrogens (tertiary/aromatic N) is 2. The number of hydrogen-bond acceptors (Lipinski definition) is 5. The van der Waals surface area contributed by atoms with Crippen LogP contribution in [-0.4, -0.2) is 36.9 Å². The zero-order valence-electron chi connectivity index (χ0n) is 17.8. The topological polar surface area (TPSA) is 112 Å². The van der Waals surface area contributed by atoms with Gasteiger partial charge in [0.1, 0.15) is 11.4 Å². The van der Waals surface area contributed by atoms with Gasteiger partial charge in [-0.05, 0) is 64.1 Å². The maximum Gasteiger partial charge on any atom is 0.268 e. The second-order valence-corrected chi connectivity index (χ2v) is 9.09. The molecule has 31 heavy (non-hydrogen) atoms. The Morgan fingerprint density at radius 1 is 1.00 bits per heavy atom. The van der Waals surface area contributed by atoms with Crippen LogP contribution >= 0.6 is 0 Å². The molecule has 0 bridgehead atoms. The molecule has 162 valence electrons. The first-order chi connectivity index (χ1) is 14.6. The van der Waals surface area contributed by atoms with Crippen LogP contribution in [0.15, 0.2) is 53.4 Å². The van der Waals surface area contributed by atoms with Gasteiger partial charge in [-0.15, -0.1) is 0 Å². The molecule has 0 unspecified atom stereocenters. The summed E-state index contributed by atoms with van der Waals surface area (Å²) in [4.78, 5) is 24.2. The van der Waals surface area contributed by atoms with Gasteiger partial charge in [0, 0.05) is 11.3 Å². The van der Waals surface area contributed by atoms with Crippen LogP contribution in [0.2, 0.25) is 0 Å². The smallest absolute Gasteiger partial charge is 0.268 e.